The maximum atomic E-state index is 9.07. The van der Waals surface area contributed by atoms with Gasteiger partial charge < -0.3 is 9.67 Å². The van der Waals surface area contributed by atoms with Gasteiger partial charge in [-0.1, -0.05) is 19.1 Å². The highest BCUT2D eigenvalue weighted by molar-refractivity contribution is 5.43. The molecule has 1 heterocycles. The van der Waals surface area contributed by atoms with E-state index >= 15 is 0 Å². The highest BCUT2D eigenvalue weighted by atomic mass is 16.3. The molecule has 1 aromatic heterocycles. The molecule has 0 aliphatic rings. The summed E-state index contributed by atoms with van der Waals surface area (Å²) in [6.07, 6.45) is 4.70. The molecule has 0 saturated heterocycles. The van der Waals surface area contributed by atoms with Gasteiger partial charge in [-0.15, -0.1) is 0 Å². The van der Waals surface area contributed by atoms with Crippen molar-refractivity contribution in [1.29, 1.82) is 0 Å². The first-order chi connectivity index (χ1) is 7.76. The van der Waals surface area contributed by atoms with Gasteiger partial charge >= 0.3 is 0 Å². The van der Waals surface area contributed by atoms with Gasteiger partial charge in [0, 0.05) is 24.5 Å². The van der Waals surface area contributed by atoms with Crippen molar-refractivity contribution in [2.24, 2.45) is 0 Å². The minimum Gasteiger partial charge on any atom is -0.392 e. The van der Waals surface area contributed by atoms with Crippen molar-refractivity contribution in [3.63, 3.8) is 0 Å². The van der Waals surface area contributed by atoms with Crippen molar-refractivity contribution in [2.45, 2.75) is 26.9 Å². The van der Waals surface area contributed by atoms with Crippen LogP contribution >= 0.6 is 0 Å². The average Bonchev–Trinajstić information content (AvgIpc) is 2.76. The smallest absolute Gasteiger partial charge is 0.112 e. The van der Waals surface area contributed by atoms with E-state index in [1.807, 2.05) is 37.5 Å². The van der Waals surface area contributed by atoms with Gasteiger partial charge in [0.2, 0.25) is 0 Å². The summed E-state index contributed by atoms with van der Waals surface area (Å²) < 4.78 is 2.09. The molecule has 2 aromatic rings. The van der Waals surface area contributed by atoms with Gasteiger partial charge in [-0.3, -0.25) is 0 Å². The van der Waals surface area contributed by atoms with Gasteiger partial charge in [0.25, 0.3) is 0 Å². The van der Waals surface area contributed by atoms with E-state index in [1.165, 1.54) is 0 Å². The van der Waals surface area contributed by atoms with Crippen LogP contribution in [0.25, 0.3) is 5.69 Å². The molecular weight excluding hydrogens is 200 g/mol. The zero-order chi connectivity index (χ0) is 11.5. The zero-order valence-corrected chi connectivity index (χ0v) is 9.64. The minimum atomic E-state index is 0.0890. The number of hydrogen-bond acceptors (Lipinski definition) is 2. The molecule has 1 aromatic carbocycles. The first-order valence-electron chi connectivity index (χ1n) is 5.49. The molecule has 0 fully saturated rings. The quantitative estimate of drug-likeness (QED) is 0.854. The lowest BCUT2D eigenvalue weighted by atomic mass is 10.1. The number of hydrogen-bond donors (Lipinski definition) is 1. The van der Waals surface area contributed by atoms with Gasteiger partial charge in [0.15, 0.2) is 0 Å². The number of aliphatic hydroxyl groups excluding tert-OH is 1. The number of rotatable bonds is 3. The van der Waals surface area contributed by atoms with Crippen LogP contribution in [0, 0.1) is 6.92 Å². The van der Waals surface area contributed by atoms with Gasteiger partial charge in [-0.05, 0) is 24.1 Å². The molecule has 84 valence electrons. The fraction of sp³-hybridized carbons (Fsp3) is 0.308. The molecule has 0 atom stereocenters. The second kappa shape index (κ2) is 4.49. The van der Waals surface area contributed by atoms with Gasteiger partial charge in [0.1, 0.15) is 5.82 Å². The third-order valence-electron chi connectivity index (χ3n) is 2.74. The Hall–Kier alpha value is -1.61. The fourth-order valence-electron chi connectivity index (χ4n) is 1.90. The van der Waals surface area contributed by atoms with Crippen molar-refractivity contribution < 1.29 is 5.11 Å². The second-order valence-corrected chi connectivity index (χ2v) is 3.85. The van der Waals surface area contributed by atoms with E-state index in [-0.39, 0.29) is 6.61 Å². The SMILES string of the molecule is CCc1nccn1-c1ccc(CO)cc1C. The molecule has 3 heteroatoms. The average molecular weight is 216 g/mol. The summed E-state index contributed by atoms with van der Waals surface area (Å²) in [5.41, 5.74) is 3.23. The van der Waals surface area contributed by atoms with Crippen LogP contribution in [0.1, 0.15) is 23.9 Å². The maximum Gasteiger partial charge on any atom is 0.112 e. The fourth-order valence-corrected chi connectivity index (χ4v) is 1.90. The first kappa shape index (κ1) is 10.9. The van der Waals surface area contributed by atoms with E-state index < -0.39 is 0 Å². The highest BCUT2D eigenvalue weighted by Crippen LogP contribution is 2.17. The Morgan fingerprint density at radius 1 is 1.38 bits per heavy atom. The van der Waals surface area contributed by atoms with E-state index in [1.54, 1.807) is 0 Å². The summed E-state index contributed by atoms with van der Waals surface area (Å²) in [7, 11) is 0. The molecule has 0 saturated carbocycles. The molecule has 2 rings (SSSR count). The summed E-state index contributed by atoms with van der Waals surface area (Å²) in [5, 5.41) is 9.07. The Bertz CT molecular complexity index is 488. The van der Waals surface area contributed by atoms with Crippen LogP contribution in [0.5, 0.6) is 0 Å². The monoisotopic (exact) mass is 216 g/mol. The van der Waals surface area contributed by atoms with E-state index in [2.05, 4.69) is 16.5 Å². The lowest BCUT2D eigenvalue weighted by Gasteiger charge is -2.10. The van der Waals surface area contributed by atoms with Crippen molar-refractivity contribution >= 4 is 0 Å². The number of imidazole rings is 1. The molecule has 0 radical (unpaired) electrons. The number of benzene rings is 1. The maximum absolute atomic E-state index is 9.07. The molecule has 3 nitrogen and oxygen atoms in total. The Balaban J connectivity index is 2.48. The molecule has 0 aliphatic carbocycles. The molecule has 0 bridgehead atoms. The van der Waals surface area contributed by atoms with Crippen molar-refractivity contribution in [1.82, 2.24) is 9.55 Å². The van der Waals surface area contributed by atoms with Crippen LogP contribution in [0.15, 0.2) is 30.6 Å². The Labute approximate surface area is 95.4 Å². The summed E-state index contributed by atoms with van der Waals surface area (Å²) in [4.78, 5) is 4.31. The van der Waals surface area contributed by atoms with Gasteiger partial charge in [-0.25, -0.2) is 4.98 Å². The third-order valence-corrected chi connectivity index (χ3v) is 2.74. The number of nitrogens with zero attached hydrogens (tertiary/aromatic N) is 2. The van der Waals surface area contributed by atoms with Crippen molar-refractivity contribution in [3.05, 3.63) is 47.5 Å². The molecule has 0 aliphatic heterocycles. The van der Waals surface area contributed by atoms with Crippen LogP contribution in [0.2, 0.25) is 0 Å². The topological polar surface area (TPSA) is 38.0 Å². The van der Waals surface area contributed by atoms with Crippen LogP contribution in [-0.4, -0.2) is 14.7 Å². The van der Waals surface area contributed by atoms with Crippen LogP contribution in [0.3, 0.4) is 0 Å². The molecule has 0 unspecified atom stereocenters. The summed E-state index contributed by atoms with van der Waals surface area (Å²) >= 11 is 0. The van der Waals surface area contributed by atoms with Crippen LogP contribution in [0.4, 0.5) is 0 Å². The summed E-state index contributed by atoms with van der Waals surface area (Å²) in [5.74, 6) is 1.06. The first-order valence-corrected chi connectivity index (χ1v) is 5.49. The van der Waals surface area contributed by atoms with Gasteiger partial charge in [0.05, 0.1) is 6.61 Å². The lowest BCUT2D eigenvalue weighted by Crippen LogP contribution is -2.01. The Morgan fingerprint density at radius 3 is 2.81 bits per heavy atom. The molecule has 16 heavy (non-hydrogen) atoms. The molecule has 1 N–H and O–H groups in total. The predicted molar refractivity (Wildman–Crippen MR) is 63.6 cm³/mol. The molecule has 0 spiro atoms. The van der Waals surface area contributed by atoms with Crippen molar-refractivity contribution in [3.8, 4) is 5.69 Å². The van der Waals surface area contributed by atoms with E-state index in [9.17, 15) is 0 Å². The van der Waals surface area contributed by atoms with E-state index in [4.69, 9.17) is 5.11 Å². The molecule has 0 amide bonds. The highest BCUT2D eigenvalue weighted by Gasteiger charge is 2.06. The predicted octanol–water partition coefficient (Wildman–Crippen LogP) is 2.24. The van der Waals surface area contributed by atoms with Crippen LogP contribution < -0.4 is 0 Å². The Kier molecular flexibility index (Phi) is 3.06. The molecular formula is C13H16N2O. The Morgan fingerprint density at radius 2 is 2.19 bits per heavy atom. The number of aliphatic hydroxyl groups is 1. The summed E-state index contributed by atoms with van der Waals surface area (Å²) in [6.45, 7) is 4.23. The number of aromatic nitrogens is 2. The standard InChI is InChI=1S/C13H16N2O/c1-3-13-14-6-7-15(13)12-5-4-11(9-16)8-10(12)2/h4-8,16H,3,9H2,1-2H3. The zero-order valence-electron chi connectivity index (χ0n) is 9.64. The second-order valence-electron chi connectivity index (χ2n) is 3.85. The minimum absolute atomic E-state index is 0.0890. The van der Waals surface area contributed by atoms with Gasteiger partial charge in [-0.2, -0.15) is 0 Å². The lowest BCUT2D eigenvalue weighted by molar-refractivity contribution is 0.282. The normalized spacial score (nSPS) is 10.7. The largest absolute Gasteiger partial charge is 0.392 e. The van der Waals surface area contributed by atoms with E-state index in [0.717, 1.165) is 29.1 Å². The number of aryl methyl sites for hydroxylation is 2. The third kappa shape index (κ3) is 1.86. The van der Waals surface area contributed by atoms with Crippen LogP contribution in [-0.2, 0) is 13.0 Å². The van der Waals surface area contributed by atoms with Crippen molar-refractivity contribution in [2.75, 3.05) is 0 Å². The summed E-state index contributed by atoms with van der Waals surface area (Å²) in [6, 6.07) is 5.98. The van der Waals surface area contributed by atoms with E-state index in [0.29, 0.717) is 0 Å².